The van der Waals surface area contributed by atoms with E-state index in [2.05, 4.69) is 80.0 Å². The Hall–Kier alpha value is -1.84. The van der Waals surface area contributed by atoms with Crippen LogP contribution in [0.3, 0.4) is 0 Å². The van der Waals surface area contributed by atoms with Crippen LogP contribution >= 0.6 is 27.3 Å². The van der Waals surface area contributed by atoms with Crippen LogP contribution in [0.4, 0.5) is 0 Å². The summed E-state index contributed by atoms with van der Waals surface area (Å²) in [4.78, 5) is 1.35. The third-order valence-corrected chi connectivity index (χ3v) is 7.90. The molecule has 3 aromatic carbocycles. The zero-order chi connectivity index (χ0) is 19.3. The molecule has 4 aromatic rings. The number of rotatable bonds is 3. The van der Waals surface area contributed by atoms with Crippen molar-refractivity contribution in [3.05, 3.63) is 62.4 Å². The Kier molecular flexibility index (Phi) is 4.77. The normalized spacial score (nSPS) is 11.6. The number of phenolic OH excluding ortho intramolecular Hbond substituents is 1. The summed E-state index contributed by atoms with van der Waals surface area (Å²) < 4.78 is 2.49. The van der Waals surface area contributed by atoms with Gasteiger partial charge in [-0.05, 0) is 93.3 Å². The second kappa shape index (κ2) is 6.96. The Morgan fingerprint density at radius 1 is 0.963 bits per heavy atom. The summed E-state index contributed by atoms with van der Waals surface area (Å²) in [6, 6.07) is 13.0. The van der Waals surface area contributed by atoms with Crippen molar-refractivity contribution in [3.8, 4) is 16.9 Å². The number of halogens is 1. The predicted molar refractivity (Wildman–Crippen MR) is 122 cm³/mol. The largest absolute Gasteiger partial charge is 0.507 e. The maximum absolute atomic E-state index is 10.6. The number of hydrogen-bond acceptors (Lipinski definition) is 2. The summed E-state index contributed by atoms with van der Waals surface area (Å²) in [6.45, 7) is 8.63. The van der Waals surface area contributed by atoms with Gasteiger partial charge in [-0.1, -0.05) is 38.1 Å². The number of aromatic hydroxyl groups is 1. The lowest BCUT2D eigenvalue weighted by molar-refractivity contribution is 0.462. The molecule has 0 aliphatic heterocycles. The van der Waals surface area contributed by atoms with E-state index in [9.17, 15) is 5.11 Å². The van der Waals surface area contributed by atoms with Gasteiger partial charge in [-0.3, -0.25) is 0 Å². The Balaban J connectivity index is 2.23. The van der Waals surface area contributed by atoms with E-state index in [1.54, 1.807) is 0 Å². The molecule has 1 nitrogen and oxygen atoms in total. The molecule has 0 atom stereocenters. The standard InChI is InChI=1S/C24H23BrOS/c1-5-15-11-17(12-16(6-2)23(15)26)21-18-9-7-8-10-19(18)22(25)24-20(21)13(3)14(4)27-24/h7-12,26H,5-6H2,1-4H3. The first-order chi connectivity index (χ1) is 13.0. The van der Waals surface area contributed by atoms with Gasteiger partial charge in [-0.15, -0.1) is 11.3 Å². The molecule has 0 saturated heterocycles. The van der Waals surface area contributed by atoms with E-state index in [0.29, 0.717) is 5.75 Å². The molecule has 27 heavy (non-hydrogen) atoms. The number of benzene rings is 3. The van der Waals surface area contributed by atoms with E-state index in [1.165, 1.54) is 46.9 Å². The summed E-state index contributed by atoms with van der Waals surface area (Å²) in [5, 5.41) is 14.4. The first-order valence-corrected chi connectivity index (χ1v) is 11.0. The quantitative estimate of drug-likeness (QED) is 0.344. The fraction of sp³-hybridized carbons (Fsp3) is 0.250. The average molecular weight is 439 g/mol. The van der Waals surface area contributed by atoms with Crippen LogP contribution in [0, 0.1) is 13.8 Å². The summed E-state index contributed by atoms with van der Waals surface area (Å²) in [5.74, 6) is 0.458. The molecule has 138 valence electrons. The molecule has 3 heteroatoms. The van der Waals surface area contributed by atoms with E-state index in [-0.39, 0.29) is 0 Å². The van der Waals surface area contributed by atoms with Gasteiger partial charge in [-0.25, -0.2) is 0 Å². The summed E-state index contributed by atoms with van der Waals surface area (Å²) in [5.41, 5.74) is 5.88. The minimum absolute atomic E-state index is 0.458. The van der Waals surface area contributed by atoms with Crippen molar-refractivity contribution in [2.45, 2.75) is 40.5 Å². The van der Waals surface area contributed by atoms with Crippen LogP contribution in [-0.4, -0.2) is 5.11 Å². The second-order valence-corrected chi connectivity index (χ2v) is 9.09. The lowest BCUT2D eigenvalue weighted by Gasteiger charge is -2.16. The van der Waals surface area contributed by atoms with Crippen LogP contribution in [0.2, 0.25) is 0 Å². The Labute approximate surface area is 172 Å². The SMILES string of the molecule is CCc1cc(-c2c3ccccc3c(Br)c3sc(C)c(C)c23)cc(CC)c1O. The van der Waals surface area contributed by atoms with E-state index in [1.807, 2.05) is 11.3 Å². The van der Waals surface area contributed by atoms with Gasteiger partial charge in [0, 0.05) is 14.7 Å². The third kappa shape index (κ3) is 2.79. The van der Waals surface area contributed by atoms with Gasteiger partial charge in [0.25, 0.3) is 0 Å². The topological polar surface area (TPSA) is 20.2 Å². The maximum atomic E-state index is 10.6. The van der Waals surface area contributed by atoms with Crippen LogP contribution in [-0.2, 0) is 12.8 Å². The molecule has 0 bridgehead atoms. The zero-order valence-electron chi connectivity index (χ0n) is 16.1. The van der Waals surface area contributed by atoms with Crippen molar-refractivity contribution in [2.75, 3.05) is 0 Å². The van der Waals surface area contributed by atoms with Crippen LogP contribution in [0.15, 0.2) is 40.9 Å². The molecular formula is C24H23BrOS. The van der Waals surface area contributed by atoms with Gasteiger partial charge in [0.1, 0.15) is 5.75 Å². The molecule has 4 rings (SSSR count). The van der Waals surface area contributed by atoms with Crippen molar-refractivity contribution in [3.63, 3.8) is 0 Å². The molecule has 0 saturated carbocycles. The highest BCUT2D eigenvalue weighted by atomic mass is 79.9. The van der Waals surface area contributed by atoms with E-state index in [0.717, 1.165) is 24.0 Å². The highest BCUT2D eigenvalue weighted by Crippen LogP contribution is 2.47. The first-order valence-electron chi connectivity index (χ1n) is 9.42. The Morgan fingerprint density at radius 2 is 1.56 bits per heavy atom. The highest BCUT2D eigenvalue weighted by Gasteiger charge is 2.20. The minimum atomic E-state index is 0.458. The van der Waals surface area contributed by atoms with Gasteiger partial charge in [0.05, 0.1) is 4.70 Å². The van der Waals surface area contributed by atoms with E-state index < -0.39 is 0 Å². The average Bonchev–Trinajstić information content (AvgIpc) is 2.98. The van der Waals surface area contributed by atoms with Gasteiger partial charge in [0.2, 0.25) is 0 Å². The van der Waals surface area contributed by atoms with Crippen LogP contribution < -0.4 is 0 Å². The molecule has 1 aromatic heterocycles. The molecule has 0 spiro atoms. The Bertz CT molecular complexity index is 1160. The second-order valence-electron chi connectivity index (χ2n) is 7.07. The lowest BCUT2D eigenvalue weighted by Crippen LogP contribution is -1.93. The summed E-state index contributed by atoms with van der Waals surface area (Å²) >= 11 is 5.73. The molecule has 0 radical (unpaired) electrons. The van der Waals surface area contributed by atoms with Crippen molar-refractivity contribution in [2.24, 2.45) is 0 Å². The smallest absolute Gasteiger partial charge is 0.121 e. The monoisotopic (exact) mass is 438 g/mol. The number of hydrogen-bond donors (Lipinski definition) is 1. The molecule has 0 aliphatic carbocycles. The van der Waals surface area contributed by atoms with E-state index in [4.69, 9.17) is 0 Å². The minimum Gasteiger partial charge on any atom is -0.507 e. The van der Waals surface area contributed by atoms with Crippen molar-refractivity contribution < 1.29 is 5.11 Å². The van der Waals surface area contributed by atoms with Gasteiger partial charge in [-0.2, -0.15) is 0 Å². The molecule has 1 N–H and O–H groups in total. The molecule has 0 unspecified atom stereocenters. The molecule has 0 fully saturated rings. The number of fused-ring (bicyclic) bond motifs is 2. The van der Waals surface area contributed by atoms with Crippen molar-refractivity contribution >= 4 is 48.1 Å². The molecule has 0 amide bonds. The lowest BCUT2D eigenvalue weighted by atomic mass is 9.90. The van der Waals surface area contributed by atoms with Crippen molar-refractivity contribution in [1.29, 1.82) is 0 Å². The van der Waals surface area contributed by atoms with Gasteiger partial charge >= 0.3 is 0 Å². The van der Waals surface area contributed by atoms with Crippen LogP contribution in [0.25, 0.3) is 32.0 Å². The van der Waals surface area contributed by atoms with Crippen LogP contribution in [0.5, 0.6) is 5.75 Å². The van der Waals surface area contributed by atoms with Gasteiger partial charge in [0.15, 0.2) is 0 Å². The molecule has 1 heterocycles. The van der Waals surface area contributed by atoms with Crippen LogP contribution in [0.1, 0.15) is 35.4 Å². The summed E-state index contributed by atoms with van der Waals surface area (Å²) in [6.07, 6.45) is 1.65. The number of phenols is 1. The molecule has 0 aliphatic rings. The molecular weight excluding hydrogens is 416 g/mol. The van der Waals surface area contributed by atoms with Crippen molar-refractivity contribution in [1.82, 2.24) is 0 Å². The Morgan fingerprint density at radius 3 is 2.15 bits per heavy atom. The first kappa shape index (κ1) is 18.5. The van der Waals surface area contributed by atoms with Gasteiger partial charge < -0.3 is 5.11 Å². The third-order valence-electron chi connectivity index (χ3n) is 5.59. The number of aryl methyl sites for hydroxylation is 4. The summed E-state index contributed by atoms with van der Waals surface area (Å²) in [7, 11) is 0. The number of thiophene rings is 1. The fourth-order valence-electron chi connectivity index (χ4n) is 3.98. The fourth-order valence-corrected chi connectivity index (χ4v) is 5.88. The zero-order valence-corrected chi connectivity index (χ0v) is 18.5. The maximum Gasteiger partial charge on any atom is 0.121 e. The van der Waals surface area contributed by atoms with E-state index >= 15 is 0 Å². The highest BCUT2D eigenvalue weighted by molar-refractivity contribution is 9.11. The predicted octanol–water partition coefficient (Wildman–Crippen LogP) is 7.93.